The summed E-state index contributed by atoms with van der Waals surface area (Å²) in [6.45, 7) is 5.74. The van der Waals surface area contributed by atoms with E-state index in [0.717, 1.165) is 44.9 Å². The molecule has 28 heavy (non-hydrogen) atoms. The predicted molar refractivity (Wildman–Crippen MR) is 112 cm³/mol. The summed E-state index contributed by atoms with van der Waals surface area (Å²) in [7, 11) is 1.79. The maximum atomic E-state index is 12.6. The Hall–Kier alpha value is -2.08. The molecule has 1 aromatic carbocycles. The predicted octanol–water partition coefficient (Wildman–Crippen LogP) is 2.68. The van der Waals surface area contributed by atoms with Gasteiger partial charge in [0.2, 0.25) is 5.91 Å². The molecule has 6 nitrogen and oxygen atoms in total. The molecule has 3 rings (SSSR count). The van der Waals surface area contributed by atoms with Crippen molar-refractivity contribution in [3.8, 4) is 0 Å². The SMILES string of the molecule is CCOCc1ccc(CNC(=NC)NC2CCN(C(=O)C3CCCC3)C2)cc1. The molecular weight excluding hydrogens is 352 g/mol. The van der Waals surface area contributed by atoms with Gasteiger partial charge in [0, 0.05) is 45.2 Å². The molecule has 2 fully saturated rings. The lowest BCUT2D eigenvalue weighted by molar-refractivity contribution is -0.134. The highest BCUT2D eigenvalue weighted by Crippen LogP contribution is 2.27. The van der Waals surface area contributed by atoms with Crippen LogP contribution in [0.3, 0.4) is 0 Å². The zero-order chi connectivity index (χ0) is 19.8. The van der Waals surface area contributed by atoms with Crippen LogP contribution in [-0.2, 0) is 22.7 Å². The topological polar surface area (TPSA) is 66.0 Å². The Balaban J connectivity index is 1.42. The van der Waals surface area contributed by atoms with E-state index in [1.54, 1.807) is 7.05 Å². The molecule has 0 spiro atoms. The molecule has 1 unspecified atom stereocenters. The fourth-order valence-corrected chi connectivity index (χ4v) is 4.06. The molecule has 154 valence electrons. The minimum atomic E-state index is 0.266. The first-order chi connectivity index (χ1) is 13.7. The molecule has 0 radical (unpaired) electrons. The molecule has 1 aliphatic carbocycles. The van der Waals surface area contributed by atoms with Gasteiger partial charge < -0.3 is 20.3 Å². The number of guanidine groups is 1. The molecule has 6 heteroatoms. The summed E-state index contributed by atoms with van der Waals surface area (Å²) < 4.78 is 5.43. The van der Waals surface area contributed by atoms with Crippen LogP contribution in [0, 0.1) is 5.92 Å². The molecule has 0 bridgehead atoms. The Bertz CT molecular complexity index is 653. The highest BCUT2D eigenvalue weighted by atomic mass is 16.5. The fourth-order valence-electron chi connectivity index (χ4n) is 4.06. The lowest BCUT2D eigenvalue weighted by Gasteiger charge is -2.21. The molecule has 1 aromatic rings. The van der Waals surface area contributed by atoms with Crippen molar-refractivity contribution in [3.63, 3.8) is 0 Å². The number of rotatable bonds is 7. The Morgan fingerprint density at radius 3 is 2.57 bits per heavy atom. The van der Waals surface area contributed by atoms with Gasteiger partial charge in [-0.15, -0.1) is 0 Å². The fraction of sp³-hybridized carbons (Fsp3) is 0.636. The van der Waals surface area contributed by atoms with Gasteiger partial charge in [-0.2, -0.15) is 0 Å². The van der Waals surface area contributed by atoms with Crippen LogP contribution >= 0.6 is 0 Å². The van der Waals surface area contributed by atoms with Crippen LogP contribution < -0.4 is 10.6 Å². The van der Waals surface area contributed by atoms with Crippen molar-refractivity contribution < 1.29 is 9.53 Å². The third-order valence-electron chi connectivity index (χ3n) is 5.72. The Kier molecular flexibility index (Phi) is 7.71. The third kappa shape index (κ3) is 5.71. The first-order valence-corrected chi connectivity index (χ1v) is 10.6. The third-order valence-corrected chi connectivity index (χ3v) is 5.72. The number of hydrogen-bond acceptors (Lipinski definition) is 3. The van der Waals surface area contributed by atoms with Crippen LogP contribution in [0.4, 0.5) is 0 Å². The van der Waals surface area contributed by atoms with Gasteiger partial charge >= 0.3 is 0 Å². The monoisotopic (exact) mass is 386 g/mol. The molecule has 1 saturated carbocycles. The molecule has 0 aromatic heterocycles. The van der Waals surface area contributed by atoms with E-state index in [2.05, 4.69) is 39.9 Å². The van der Waals surface area contributed by atoms with Crippen LogP contribution in [0.2, 0.25) is 0 Å². The Labute approximate surface area is 168 Å². The smallest absolute Gasteiger partial charge is 0.225 e. The summed E-state index contributed by atoms with van der Waals surface area (Å²) in [5.74, 6) is 1.41. The zero-order valence-electron chi connectivity index (χ0n) is 17.2. The van der Waals surface area contributed by atoms with Crippen molar-refractivity contribution in [3.05, 3.63) is 35.4 Å². The van der Waals surface area contributed by atoms with Crippen LogP contribution in [0.25, 0.3) is 0 Å². The molecule has 2 N–H and O–H groups in total. The van der Waals surface area contributed by atoms with E-state index in [1.807, 2.05) is 11.8 Å². The lowest BCUT2D eigenvalue weighted by atomic mass is 10.1. The second kappa shape index (κ2) is 10.5. The first kappa shape index (κ1) is 20.6. The molecule has 1 heterocycles. The first-order valence-electron chi connectivity index (χ1n) is 10.6. The molecular formula is C22H34N4O2. The quantitative estimate of drug-likeness (QED) is 0.559. The van der Waals surface area contributed by atoms with Gasteiger partial charge in [-0.05, 0) is 37.3 Å². The van der Waals surface area contributed by atoms with Crippen LogP contribution in [0.5, 0.6) is 0 Å². The van der Waals surface area contributed by atoms with Gasteiger partial charge in [-0.25, -0.2) is 0 Å². The molecule has 1 aliphatic heterocycles. The maximum Gasteiger partial charge on any atom is 0.225 e. The number of likely N-dealkylation sites (tertiary alicyclic amines) is 1. The number of carbonyl (C=O) groups is 1. The number of aliphatic imine (C=N–C) groups is 1. The summed E-state index contributed by atoms with van der Waals surface area (Å²) in [6.07, 6.45) is 5.52. The average molecular weight is 387 g/mol. The van der Waals surface area contributed by atoms with E-state index in [4.69, 9.17) is 4.74 Å². The maximum absolute atomic E-state index is 12.6. The summed E-state index contributed by atoms with van der Waals surface area (Å²) in [5.41, 5.74) is 2.39. The minimum Gasteiger partial charge on any atom is -0.377 e. The molecule has 1 amide bonds. The number of carbonyl (C=O) groups excluding carboxylic acids is 1. The van der Waals surface area contributed by atoms with Crippen molar-refractivity contribution in [1.29, 1.82) is 0 Å². The minimum absolute atomic E-state index is 0.266. The van der Waals surface area contributed by atoms with Gasteiger partial charge in [0.25, 0.3) is 0 Å². The summed E-state index contributed by atoms with van der Waals surface area (Å²) in [6, 6.07) is 8.71. The highest BCUT2D eigenvalue weighted by molar-refractivity contribution is 5.81. The van der Waals surface area contributed by atoms with E-state index in [0.29, 0.717) is 19.1 Å². The van der Waals surface area contributed by atoms with E-state index in [1.165, 1.54) is 24.0 Å². The standard InChI is InChI=1S/C22H34N4O2/c1-3-28-16-18-10-8-17(9-11-18)14-24-22(23-2)25-20-12-13-26(15-20)21(27)19-6-4-5-7-19/h8-11,19-20H,3-7,12-16H2,1-2H3,(H2,23,24,25). The van der Waals surface area contributed by atoms with Crippen molar-refractivity contribution in [2.45, 2.75) is 58.2 Å². The Morgan fingerprint density at radius 2 is 1.89 bits per heavy atom. The van der Waals surface area contributed by atoms with Crippen molar-refractivity contribution in [2.24, 2.45) is 10.9 Å². The largest absolute Gasteiger partial charge is 0.377 e. The van der Waals surface area contributed by atoms with E-state index in [9.17, 15) is 4.79 Å². The highest BCUT2D eigenvalue weighted by Gasteiger charge is 2.32. The number of amides is 1. The molecule has 1 saturated heterocycles. The second-order valence-electron chi connectivity index (χ2n) is 7.77. The van der Waals surface area contributed by atoms with E-state index >= 15 is 0 Å². The van der Waals surface area contributed by atoms with Crippen LogP contribution in [0.1, 0.15) is 50.2 Å². The van der Waals surface area contributed by atoms with Crippen LogP contribution in [-0.4, -0.2) is 49.6 Å². The molecule has 1 atom stereocenters. The molecule has 2 aliphatic rings. The number of hydrogen-bond donors (Lipinski definition) is 2. The number of benzene rings is 1. The van der Waals surface area contributed by atoms with Crippen LogP contribution in [0.15, 0.2) is 29.3 Å². The van der Waals surface area contributed by atoms with Crippen molar-refractivity contribution in [2.75, 3.05) is 26.7 Å². The van der Waals surface area contributed by atoms with E-state index in [-0.39, 0.29) is 12.0 Å². The summed E-state index contributed by atoms with van der Waals surface area (Å²) in [4.78, 5) is 19.0. The van der Waals surface area contributed by atoms with E-state index < -0.39 is 0 Å². The number of ether oxygens (including phenoxy) is 1. The Morgan fingerprint density at radius 1 is 1.18 bits per heavy atom. The lowest BCUT2D eigenvalue weighted by Crippen LogP contribution is -2.45. The number of nitrogens with one attached hydrogen (secondary N) is 2. The number of nitrogens with zero attached hydrogens (tertiary/aromatic N) is 2. The van der Waals surface area contributed by atoms with Gasteiger partial charge in [-0.3, -0.25) is 9.79 Å². The van der Waals surface area contributed by atoms with Gasteiger partial charge in [0.1, 0.15) is 0 Å². The zero-order valence-corrected chi connectivity index (χ0v) is 17.2. The van der Waals surface area contributed by atoms with Crippen molar-refractivity contribution >= 4 is 11.9 Å². The summed E-state index contributed by atoms with van der Waals surface area (Å²) >= 11 is 0. The average Bonchev–Trinajstić information content (AvgIpc) is 3.42. The summed E-state index contributed by atoms with van der Waals surface area (Å²) in [5, 5.41) is 6.85. The van der Waals surface area contributed by atoms with Crippen molar-refractivity contribution in [1.82, 2.24) is 15.5 Å². The second-order valence-corrected chi connectivity index (χ2v) is 7.77. The van der Waals surface area contributed by atoms with Gasteiger partial charge in [0.05, 0.1) is 6.61 Å². The normalized spacial score (nSPS) is 20.6. The van der Waals surface area contributed by atoms with Gasteiger partial charge in [-0.1, -0.05) is 37.1 Å². The van der Waals surface area contributed by atoms with Gasteiger partial charge in [0.15, 0.2) is 5.96 Å².